The molecule has 26 heavy (non-hydrogen) atoms. The first-order valence-corrected chi connectivity index (χ1v) is 9.13. The van der Waals surface area contributed by atoms with E-state index in [1.807, 2.05) is 6.92 Å². The van der Waals surface area contributed by atoms with E-state index in [0.29, 0.717) is 23.6 Å². The predicted octanol–water partition coefficient (Wildman–Crippen LogP) is 1.22. The molecule has 1 aromatic rings. The highest BCUT2D eigenvalue weighted by atomic mass is 16.5. The molecule has 1 unspecified atom stereocenters. The van der Waals surface area contributed by atoms with Gasteiger partial charge in [-0.1, -0.05) is 12.1 Å². The SMILES string of the molecule is CCNC(=NCCN1C(=O)c2ccccc2C1=O)N1CCC(COC)C1. The van der Waals surface area contributed by atoms with Gasteiger partial charge >= 0.3 is 0 Å². The number of rotatable bonds is 6. The van der Waals surface area contributed by atoms with Crippen molar-refractivity contribution in [3.8, 4) is 0 Å². The van der Waals surface area contributed by atoms with E-state index in [0.717, 1.165) is 38.6 Å². The number of imide groups is 1. The number of aliphatic imine (C=N–C) groups is 1. The fourth-order valence-electron chi connectivity index (χ4n) is 3.52. The van der Waals surface area contributed by atoms with Crippen LogP contribution in [0.5, 0.6) is 0 Å². The van der Waals surface area contributed by atoms with E-state index in [9.17, 15) is 9.59 Å². The fraction of sp³-hybridized carbons (Fsp3) is 0.526. The summed E-state index contributed by atoms with van der Waals surface area (Å²) in [6, 6.07) is 6.95. The van der Waals surface area contributed by atoms with Gasteiger partial charge in [0, 0.05) is 39.2 Å². The van der Waals surface area contributed by atoms with Crippen molar-refractivity contribution in [3.63, 3.8) is 0 Å². The average Bonchev–Trinajstić information content (AvgIpc) is 3.20. The van der Waals surface area contributed by atoms with Gasteiger partial charge in [0.1, 0.15) is 0 Å². The summed E-state index contributed by atoms with van der Waals surface area (Å²) in [5.74, 6) is 0.891. The molecule has 7 heteroatoms. The molecule has 0 spiro atoms. The summed E-state index contributed by atoms with van der Waals surface area (Å²) >= 11 is 0. The van der Waals surface area contributed by atoms with Gasteiger partial charge in [0.05, 0.1) is 24.3 Å². The lowest BCUT2D eigenvalue weighted by Gasteiger charge is -2.22. The van der Waals surface area contributed by atoms with Crippen LogP contribution in [0.3, 0.4) is 0 Å². The van der Waals surface area contributed by atoms with Crippen LogP contribution in [0.4, 0.5) is 0 Å². The molecule has 0 saturated carbocycles. The zero-order valence-corrected chi connectivity index (χ0v) is 15.4. The molecule has 7 nitrogen and oxygen atoms in total. The number of likely N-dealkylation sites (tertiary alicyclic amines) is 1. The number of benzene rings is 1. The summed E-state index contributed by atoms with van der Waals surface area (Å²) in [6.45, 7) is 6.08. The van der Waals surface area contributed by atoms with Crippen LogP contribution in [0.2, 0.25) is 0 Å². The van der Waals surface area contributed by atoms with E-state index >= 15 is 0 Å². The van der Waals surface area contributed by atoms with Crippen molar-refractivity contribution in [2.75, 3.05) is 46.4 Å². The maximum atomic E-state index is 12.4. The van der Waals surface area contributed by atoms with E-state index in [-0.39, 0.29) is 18.4 Å². The maximum Gasteiger partial charge on any atom is 0.261 e. The first kappa shape index (κ1) is 18.4. The van der Waals surface area contributed by atoms with Gasteiger partial charge in [-0.25, -0.2) is 0 Å². The topological polar surface area (TPSA) is 74.2 Å². The standard InChI is InChI=1S/C19H26N4O3/c1-3-20-19(22-10-8-14(12-22)13-26-2)21-9-11-23-17(24)15-6-4-5-7-16(15)18(23)25/h4-7,14H,3,8-13H2,1-2H3,(H,20,21). The molecule has 2 heterocycles. The van der Waals surface area contributed by atoms with E-state index in [4.69, 9.17) is 4.74 Å². The quantitative estimate of drug-likeness (QED) is 0.470. The number of hydrogen-bond donors (Lipinski definition) is 1. The highest BCUT2D eigenvalue weighted by Crippen LogP contribution is 2.22. The van der Waals surface area contributed by atoms with Gasteiger partial charge in [-0.3, -0.25) is 19.5 Å². The number of methoxy groups -OCH3 is 1. The summed E-state index contributed by atoms with van der Waals surface area (Å²) in [7, 11) is 1.73. The Morgan fingerprint density at radius 2 is 1.96 bits per heavy atom. The zero-order valence-electron chi connectivity index (χ0n) is 15.4. The molecule has 1 saturated heterocycles. The minimum absolute atomic E-state index is 0.230. The molecule has 1 N–H and O–H groups in total. The number of amides is 2. The molecule has 2 amide bonds. The summed E-state index contributed by atoms with van der Waals surface area (Å²) < 4.78 is 5.25. The molecule has 0 bridgehead atoms. The Bertz CT molecular complexity index is 669. The van der Waals surface area contributed by atoms with Crippen LogP contribution < -0.4 is 5.32 Å². The van der Waals surface area contributed by atoms with Crippen LogP contribution in [0.1, 0.15) is 34.1 Å². The Kier molecular flexibility index (Phi) is 5.88. The summed E-state index contributed by atoms with van der Waals surface area (Å²) in [5, 5.41) is 3.30. The summed E-state index contributed by atoms with van der Waals surface area (Å²) in [4.78, 5) is 32.9. The van der Waals surface area contributed by atoms with Crippen molar-refractivity contribution in [1.29, 1.82) is 0 Å². The Balaban J connectivity index is 1.61. The van der Waals surface area contributed by atoms with Crippen LogP contribution >= 0.6 is 0 Å². The molecule has 0 aliphatic carbocycles. The van der Waals surface area contributed by atoms with Crippen LogP contribution in [-0.2, 0) is 4.74 Å². The van der Waals surface area contributed by atoms with Crippen LogP contribution in [0.25, 0.3) is 0 Å². The monoisotopic (exact) mass is 358 g/mol. The number of nitrogens with one attached hydrogen (secondary N) is 1. The smallest absolute Gasteiger partial charge is 0.261 e. The van der Waals surface area contributed by atoms with Gasteiger partial charge < -0.3 is 15.0 Å². The molecule has 2 aliphatic heterocycles. The summed E-state index contributed by atoms with van der Waals surface area (Å²) in [5.41, 5.74) is 0.964. The van der Waals surface area contributed by atoms with Crippen molar-refractivity contribution in [3.05, 3.63) is 35.4 Å². The largest absolute Gasteiger partial charge is 0.384 e. The van der Waals surface area contributed by atoms with E-state index in [2.05, 4.69) is 15.2 Å². The molecular weight excluding hydrogens is 332 g/mol. The third-order valence-corrected chi connectivity index (χ3v) is 4.79. The minimum atomic E-state index is -0.230. The normalized spacial score (nSPS) is 20.1. The third kappa shape index (κ3) is 3.72. The molecule has 3 rings (SSSR count). The van der Waals surface area contributed by atoms with Gasteiger partial charge in [-0.05, 0) is 25.5 Å². The van der Waals surface area contributed by atoms with Crippen molar-refractivity contribution < 1.29 is 14.3 Å². The number of hydrogen-bond acceptors (Lipinski definition) is 4. The Morgan fingerprint density at radius 3 is 2.58 bits per heavy atom. The highest BCUT2D eigenvalue weighted by molar-refractivity contribution is 6.21. The predicted molar refractivity (Wildman–Crippen MR) is 99.3 cm³/mol. The molecule has 0 aromatic heterocycles. The van der Waals surface area contributed by atoms with Gasteiger partial charge in [0.15, 0.2) is 5.96 Å². The van der Waals surface area contributed by atoms with Crippen molar-refractivity contribution >= 4 is 17.8 Å². The zero-order chi connectivity index (χ0) is 18.5. The molecule has 0 radical (unpaired) electrons. The van der Waals surface area contributed by atoms with Gasteiger partial charge in [-0.15, -0.1) is 0 Å². The molecule has 140 valence electrons. The second-order valence-corrected chi connectivity index (χ2v) is 6.60. The highest BCUT2D eigenvalue weighted by Gasteiger charge is 2.34. The third-order valence-electron chi connectivity index (χ3n) is 4.79. The number of guanidine groups is 1. The van der Waals surface area contributed by atoms with Gasteiger partial charge in [0.2, 0.25) is 0 Å². The van der Waals surface area contributed by atoms with Gasteiger partial charge in [0.25, 0.3) is 11.8 Å². The van der Waals surface area contributed by atoms with Crippen molar-refractivity contribution in [1.82, 2.24) is 15.1 Å². The lowest BCUT2D eigenvalue weighted by molar-refractivity contribution is 0.0659. The van der Waals surface area contributed by atoms with Crippen molar-refractivity contribution in [2.24, 2.45) is 10.9 Å². The van der Waals surface area contributed by atoms with Crippen LogP contribution in [0, 0.1) is 5.92 Å². The van der Waals surface area contributed by atoms with Crippen LogP contribution in [-0.4, -0.2) is 74.0 Å². The molecule has 1 fully saturated rings. The fourth-order valence-corrected chi connectivity index (χ4v) is 3.52. The Labute approximate surface area is 154 Å². The van der Waals surface area contributed by atoms with Gasteiger partial charge in [-0.2, -0.15) is 0 Å². The molecular formula is C19H26N4O3. The molecule has 1 aromatic carbocycles. The molecule has 2 aliphatic rings. The number of carbonyl (C=O) groups excluding carboxylic acids is 2. The number of fused-ring (bicyclic) bond motifs is 1. The minimum Gasteiger partial charge on any atom is -0.384 e. The second-order valence-electron chi connectivity index (χ2n) is 6.60. The van der Waals surface area contributed by atoms with Crippen LogP contribution in [0.15, 0.2) is 29.3 Å². The Hall–Kier alpha value is -2.41. The lowest BCUT2D eigenvalue weighted by Crippen LogP contribution is -2.41. The number of ether oxygens (including phenoxy) is 1. The van der Waals surface area contributed by atoms with E-state index in [1.54, 1.807) is 31.4 Å². The molecule has 1 atom stereocenters. The number of carbonyl (C=O) groups is 2. The summed E-state index contributed by atoms with van der Waals surface area (Å²) in [6.07, 6.45) is 1.08. The van der Waals surface area contributed by atoms with Crippen molar-refractivity contribution in [2.45, 2.75) is 13.3 Å². The van der Waals surface area contributed by atoms with E-state index < -0.39 is 0 Å². The first-order chi connectivity index (χ1) is 12.7. The first-order valence-electron chi connectivity index (χ1n) is 9.13. The Morgan fingerprint density at radius 1 is 1.27 bits per heavy atom. The average molecular weight is 358 g/mol. The number of nitrogens with zero attached hydrogens (tertiary/aromatic N) is 3. The maximum absolute atomic E-state index is 12.4. The second kappa shape index (κ2) is 8.31. The lowest BCUT2D eigenvalue weighted by atomic mass is 10.1. The van der Waals surface area contributed by atoms with E-state index in [1.165, 1.54) is 4.90 Å².